The van der Waals surface area contributed by atoms with Crippen LogP contribution in [0.5, 0.6) is 0 Å². The Morgan fingerprint density at radius 2 is 1.94 bits per heavy atom. The highest BCUT2D eigenvalue weighted by molar-refractivity contribution is 5.76. The smallest absolute Gasteiger partial charge is 0.332 e. The summed E-state index contributed by atoms with van der Waals surface area (Å²) in [5.41, 5.74) is 5.30. The fourth-order valence-corrected chi connectivity index (χ4v) is 1.17. The summed E-state index contributed by atoms with van der Waals surface area (Å²) in [6.07, 6.45) is 1.65. The maximum absolute atomic E-state index is 11.2. The molecule has 1 unspecified atom stereocenters. The summed E-state index contributed by atoms with van der Waals surface area (Å²) < 4.78 is 0. The molecule has 0 aromatic heterocycles. The van der Waals surface area contributed by atoms with Gasteiger partial charge in [-0.2, -0.15) is 0 Å². The Bertz CT molecular complexity index is 221. The van der Waals surface area contributed by atoms with Crippen molar-refractivity contribution in [2.24, 2.45) is 5.73 Å². The van der Waals surface area contributed by atoms with E-state index >= 15 is 0 Å². The first-order chi connectivity index (χ1) is 7.57. The molecular formula is C10H20N2O4. The average molecular weight is 232 g/mol. The maximum atomic E-state index is 11.2. The third-order valence-corrected chi connectivity index (χ3v) is 2.13. The first-order valence-electron chi connectivity index (χ1n) is 5.45. The summed E-state index contributed by atoms with van der Waals surface area (Å²) in [4.78, 5) is 21.4. The van der Waals surface area contributed by atoms with Crippen molar-refractivity contribution in [2.75, 3.05) is 13.1 Å². The van der Waals surface area contributed by atoms with Crippen LogP contribution in [0.25, 0.3) is 0 Å². The summed E-state index contributed by atoms with van der Waals surface area (Å²) in [6.45, 7) is 0.815. The molecule has 0 bridgehead atoms. The van der Waals surface area contributed by atoms with Gasteiger partial charge in [0.15, 0.2) is 6.10 Å². The van der Waals surface area contributed by atoms with Crippen molar-refractivity contribution in [3.63, 3.8) is 0 Å². The van der Waals surface area contributed by atoms with Crippen LogP contribution in [0.3, 0.4) is 0 Å². The minimum absolute atomic E-state index is 0.0316. The molecule has 94 valence electrons. The number of unbranched alkanes of at least 4 members (excludes halogenated alkanes) is 2. The summed E-state index contributed by atoms with van der Waals surface area (Å²) in [5.74, 6) is -1.38. The minimum atomic E-state index is -1.41. The molecule has 0 aromatic rings. The summed E-state index contributed by atoms with van der Waals surface area (Å²) >= 11 is 0. The third kappa shape index (κ3) is 8.19. The van der Waals surface area contributed by atoms with Gasteiger partial charge in [-0.25, -0.2) is 4.79 Å². The van der Waals surface area contributed by atoms with Gasteiger partial charge in [-0.15, -0.1) is 0 Å². The lowest BCUT2D eigenvalue weighted by Gasteiger charge is -2.07. The molecule has 6 heteroatoms. The van der Waals surface area contributed by atoms with E-state index in [0.717, 1.165) is 19.3 Å². The first-order valence-corrected chi connectivity index (χ1v) is 5.45. The number of carbonyl (C=O) groups excluding carboxylic acids is 1. The van der Waals surface area contributed by atoms with Crippen LogP contribution in [0.4, 0.5) is 0 Å². The number of nitrogens with two attached hydrogens (primary N) is 1. The number of hydrogen-bond acceptors (Lipinski definition) is 4. The van der Waals surface area contributed by atoms with E-state index in [9.17, 15) is 9.59 Å². The topological polar surface area (TPSA) is 113 Å². The van der Waals surface area contributed by atoms with Crippen LogP contribution < -0.4 is 11.1 Å². The van der Waals surface area contributed by atoms with Crippen LogP contribution in [0.2, 0.25) is 0 Å². The molecule has 5 N–H and O–H groups in total. The fraction of sp³-hybridized carbons (Fsp3) is 0.800. The van der Waals surface area contributed by atoms with Crippen LogP contribution in [-0.2, 0) is 9.59 Å². The Morgan fingerprint density at radius 1 is 1.25 bits per heavy atom. The SMILES string of the molecule is NCCCCCC(=O)NCCC(O)C(=O)O. The van der Waals surface area contributed by atoms with Crippen LogP contribution in [0.15, 0.2) is 0 Å². The minimum Gasteiger partial charge on any atom is -0.479 e. The number of carboxylic acid groups (broad SMARTS) is 1. The molecule has 0 rings (SSSR count). The fourth-order valence-electron chi connectivity index (χ4n) is 1.17. The quantitative estimate of drug-likeness (QED) is 0.399. The lowest BCUT2D eigenvalue weighted by atomic mass is 10.2. The number of amides is 1. The number of carboxylic acids is 1. The zero-order chi connectivity index (χ0) is 12.4. The highest BCUT2D eigenvalue weighted by Crippen LogP contribution is 1.98. The first kappa shape index (κ1) is 14.9. The second-order valence-electron chi connectivity index (χ2n) is 3.59. The Labute approximate surface area is 94.8 Å². The van der Waals surface area contributed by atoms with Gasteiger partial charge in [0.2, 0.25) is 5.91 Å². The average Bonchev–Trinajstić information content (AvgIpc) is 2.24. The second-order valence-corrected chi connectivity index (χ2v) is 3.59. The predicted octanol–water partition coefficient (Wildman–Crippen LogP) is -0.543. The molecule has 0 spiro atoms. The van der Waals surface area contributed by atoms with Crippen LogP contribution in [0, 0.1) is 0 Å². The van der Waals surface area contributed by atoms with E-state index in [4.69, 9.17) is 15.9 Å². The van der Waals surface area contributed by atoms with Crippen molar-refractivity contribution in [1.29, 1.82) is 0 Å². The summed E-state index contributed by atoms with van der Waals surface area (Å²) in [6, 6.07) is 0. The van der Waals surface area contributed by atoms with E-state index in [1.807, 2.05) is 0 Å². The van der Waals surface area contributed by atoms with Crippen LogP contribution in [0.1, 0.15) is 32.1 Å². The van der Waals surface area contributed by atoms with Crippen molar-refractivity contribution >= 4 is 11.9 Å². The molecule has 1 atom stereocenters. The number of nitrogens with one attached hydrogen (secondary N) is 1. The van der Waals surface area contributed by atoms with Crippen molar-refractivity contribution in [3.8, 4) is 0 Å². The molecule has 0 aliphatic carbocycles. The summed E-state index contributed by atoms with van der Waals surface area (Å²) in [7, 11) is 0. The molecule has 0 saturated heterocycles. The zero-order valence-corrected chi connectivity index (χ0v) is 9.32. The van der Waals surface area contributed by atoms with Crippen molar-refractivity contribution in [1.82, 2.24) is 5.32 Å². The number of hydrogen-bond donors (Lipinski definition) is 4. The molecule has 0 aliphatic heterocycles. The molecular weight excluding hydrogens is 212 g/mol. The highest BCUT2D eigenvalue weighted by Gasteiger charge is 2.12. The van der Waals surface area contributed by atoms with Gasteiger partial charge in [0, 0.05) is 19.4 Å². The molecule has 0 heterocycles. The number of aliphatic hydroxyl groups is 1. The Kier molecular flexibility index (Phi) is 8.46. The monoisotopic (exact) mass is 232 g/mol. The molecule has 0 aliphatic rings. The van der Waals surface area contributed by atoms with Gasteiger partial charge in [0.25, 0.3) is 0 Å². The van der Waals surface area contributed by atoms with Gasteiger partial charge < -0.3 is 21.3 Å². The molecule has 1 amide bonds. The number of carbonyl (C=O) groups is 2. The largest absolute Gasteiger partial charge is 0.479 e. The van der Waals surface area contributed by atoms with Gasteiger partial charge >= 0.3 is 5.97 Å². The Hall–Kier alpha value is -1.14. The second kappa shape index (κ2) is 9.11. The van der Waals surface area contributed by atoms with Gasteiger partial charge in [-0.1, -0.05) is 6.42 Å². The van der Waals surface area contributed by atoms with Crippen molar-refractivity contribution in [2.45, 2.75) is 38.2 Å². The zero-order valence-electron chi connectivity index (χ0n) is 9.32. The number of aliphatic carboxylic acids is 1. The molecule has 0 fully saturated rings. The van der Waals surface area contributed by atoms with Crippen LogP contribution in [-0.4, -0.2) is 41.3 Å². The van der Waals surface area contributed by atoms with Gasteiger partial charge in [-0.3, -0.25) is 4.79 Å². The molecule has 0 saturated carbocycles. The molecule has 16 heavy (non-hydrogen) atoms. The summed E-state index contributed by atoms with van der Waals surface area (Å²) in [5, 5.41) is 19.8. The van der Waals surface area contributed by atoms with Crippen LogP contribution >= 0.6 is 0 Å². The van der Waals surface area contributed by atoms with Gasteiger partial charge in [0.1, 0.15) is 0 Å². The molecule has 0 aromatic carbocycles. The van der Waals surface area contributed by atoms with Crippen molar-refractivity contribution in [3.05, 3.63) is 0 Å². The van der Waals surface area contributed by atoms with E-state index in [1.165, 1.54) is 0 Å². The van der Waals surface area contributed by atoms with Crippen molar-refractivity contribution < 1.29 is 19.8 Å². The number of rotatable bonds is 9. The predicted molar refractivity (Wildman–Crippen MR) is 58.8 cm³/mol. The Morgan fingerprint density at radius 3 is 2.50 bits per heavy atom. The highest BCUT2D eigenvalue weighted by atomic mass is 16.4. The van der Waals surface area contributed by atoms with E-state index < -0.39 is 12.1 Å². The Balaban J connectivity index is 3.40. The number of aliphatic hydroxyl groups excluding tert-OH is 1. The third-order valence-electron chi connectivity index (χ3n) is 2.13. The van der Waals surface area contributed by atoms with E-state index in [-0.39, 0.29) is 18.9 Å². The lowest BCUT2D eigenvalue weighted by Crippen LogP contribution is -2.29. The lowest BCUT2D eigenvalue weighted by molar-refractivity contribution is -0.147. The van der Waals surface area contributed by atoms with E-state index in [2.05, 4.69) is 5.32 Å². The standard InChI is InChI=1S/C10H20N2O4/c11-6-3-1-2-4-9(14)12-7-5-8(13)10(15)16/h8,13H,1-7,11H2,(H,12,14)(H,15,16). The normalized spacial score (nSPS) is 12.1. The maximum Gasteiger partial charge on any atom is 0.332 e. The molecule has 0 radical (unpaired) electrons. The van der Waals surface area contributed by atoms with Gasteiger partial charge in [0.05, 0.1) is 0 Å². The van der Waals surface area contributed by atoms with Gasteiger partial charge in [-0.05, 0) is 19.4 Å². The van der Waals surface area contributed by atoms with E-state index in [0.29, 0.717) is 13.0 Å². The van der Waals surface area contributed by atoms with E-state index in [1.54, 1.807) is 0 Å². The molecule has 6 nitrogen and oxygen atoms in total.